The molecule has 1 amide bonds. The molecule has 4 nitrogen and oxygen atoms in total. The van der Waals surface area contributed by atoms with Gasteiger partial charge in [0.2, 0.25) is 5.91 Å². The van der Waals surface area contributed by atoms with Crippen molar-refractivity contribution >= 4 is 23.2 Å². The highest BCUT2D eigenvalue weighted by Gasteiger charge is 2.14. The molecule has 2 aromatic rings. The van der Waals surface area contributed by atoms with Crippen LogP contribution in [0.4, 0.5) is 5.69 Å². The number of nitrogens with one attached hydrogen (secondary N) is 1. The van der Waals surface area contributed by atoms with Gasteiger partial charge in [0.1, 0.15) is 11.9 Å². The lowest BCUT2D eigenvalue weighted by Gasteiger charge is -2.20. The second kappa shape index (κ2) is 7.11. The number of halogens is 1. The molecule has 0 aliphatic heterocycles. The number of hydrogen-bond donors (Lipinski definition) is 2. The van der Waals surface area contributed by atoms with Gasteiger partial charge in [-0.15, -0.1) is 0 Å². The monoisotopic (exact) mass is 304 g/mol. The van der Waals surface area contributed by atoms with E-state index < -0.39 is 0 Å². The molecule has 0 saturated carbocycles. The standard InChI is InChI=1S/C16H17ClN2O2/c1-11(20)19-14-7-2-3-8-15(14)21-16(10-18)12-5-4-6-13(17)9-12/h2-9,16H,10,18H2,1H3,(H,19,20). The molecule has 0 aliphatic rings. The van der Waals surface area contributed by atoms with Gasteiger partial charge in [-0.3, -0.25) is 4.79 Å². The van der Waals surface area contributed by atoms with Crippen LogP contribution in [0.3, 0.4) is 0 Å². The molecule has 5 heteroatoms. The number of ether oxygens (including phenoxy) is 1. The van der Waals surface area contributed by atoms with Crippen LogP contribution in [0.2, 0.25) is 5.02 Å². The van der Waals surface area contributed by atoms with Crippen LogP contribution in [-0.4, -0.2) is 12.5 Å². The fourth-order valence-corrected chi connectivity index (χ4v) is 2.17. The Hall–Kier alpha value is -2.04. The third-order valence-electron chi connectivity index (χ3n) is 2.90. The number of benzene rings is 2. The summed E-state index contributed by atoms with van der Waals surface area (Å²) >= 11 is 6.00. The first kappa shape index (κ1) is 15.4. The average Bonchev–Trinajstić information content (AvgIpc) is 2.45. The minimum Gasteiger partial charge on any atom is -0.482 e. The van der Waals surface area contributed by atoms with Crippen LogP contribution < -0.4 is 15.8 Å². The quantitative estimate of drug-likeness (QED) is 0.890. The largest absolute Gasteiger partial charge is 0.482 e. The van der Waals surface area contributed by atoms with Crippen molar-refractivity contribution in [3.63, 3.8) is 0 Å². The van der Waals surface area contributed by atoms with Crippen LogP contribution >= 0.6 is 11.6 Å². The van der Waals surface area contributed by atoms with Gasteiger partial charge in [-0.2, -0.15) is 0 Å². The van der Waals surface area contributed by atoms with Crippen molar-refractivity contribution in [3.8, 4) is 5.75 Å². The van der Waals surface area contributed by atoms with Crippen molar-refractivity contribution < 1.29 is 9.53 Å². The van der Waals surface area contributed by atoms with Gasteiger partial charge in [-0.1, -0.05) is 35.9 Å². The second-order valence-corrected chi connectivity index (χ2v) is 5.01. The summed E-state index contributed by atoms with van der Waals surface area (Å²) in [5.74, 6) is 0.418. The summed E-state index contributed by atoms with van der Waals surface area (Å²) in [5, 5.41) is 3.36. The minimum absolute atomic E-state index is 0.155. The Balaban J connectivity index is 2.25. The number of carbonyl (C=O) groups is 1. The molecule has 2 rings (SSSR count). The molecule has 0 heterocycles. The Bertz CT molecular complexity index is 631. The first-order valence-corrected chi connectivity index (χ1v) is 6.96. The maximum Gasteiger partial charge on any atom is 0.221 e. The highest BCUT2D eigenvalue weighted by Crippen LogP contribution is 2.29. The van der Waals surface area contributed by atoms with Crippen molar-refractivity contribution in [1.29, 1.82) is 0 Å². The summed E-state index contributed by atoms with van der Waals surface area (Å²) in [7, 11) is 0. The number of para-hydroxylation sites is 2. The van der Waals surface area contributed by atoms with E-state index >= 15 is 0 Å². The van der Waals surface area contributed by atoms with E-state index in [-0.39, 0.29) is 12.0 Å². The lowest BCUT2D eigenvalue weighted by molar-refractivity contribution is -0.114. The van der Waals surface area contributed by atoms with Gasteiger partial charge in [-0.05, 0) is 29.8 Å². The summed E-state index contributed by atoms with van der Waals surface area (Å²) in [6, 6.07) is 14.6. The lowest BCUT2D eigenvalue weighted by Crippen LogP contribution is -2.19. The lowest BCUT2D eigenvalue weighted by atomic mass is 10.1. The maximum absolute atomic E-state index is 11.2. The molecule has 2 aromatic carbocycles. The van der Waals surface area contributed by atoms with Gasteiger partial charge in [0.15, 0.2) is 0 Å². The van der Waals surface area contributed by atoms with Crippen LogP contribution in [0.15, 0.2) is 48.5 Å². The van der Waals surface area contributed by atoms with Crippen molar-refractivity contribution in [2.45, 2.75) is 13.0 Å². The number of carbonyl (C=O) groups excluding carboxylic acids is 1. The molecule has 1 unspecified atom stereocenters. The van der Waals surface area contributed by atoms with E-state index in [0.29, 0.717) is 23.0 Å². The summed E-state index contributed by atoms with van der Waals surface area (Å²) in [6.45, 7) is 1.75. The van der Waals surface area contributed by atoms with Gasteiger partial charge in [0.25, 0.3) is 0 Å². The zero-order valence-corrected chi connectivity index (χ0v) is 12.4. The van der Waals surface area contributed by atoms with Crippen molar-refractivity contribution in [1.82, 2.24) is 0 Å². The molecule has 110 valence electrons. The van der Waals surface area contributed by atoms with E-state index in [1.807, 2.05) is 30.3 Å². The predicted octanol–water partition coefficient (Wildman–Crippen LogP) is 3.38. The average molecular weight is 305 g/mol. The van der Waals surface area contributed by atoms with E-state index in [1.54, 1.807) is 18.2 Å². The van der Waals surface area contributed by atoms with Gasteiger partial charge in [0, 0.05) is 18.5 Å². The highest BCUT2D eigenvalue weighted by molar-refractivity contribution is 6.30. The Kier molecular flexibility index (Phi) is 5.20. The molecule has 1 atom stereocenters. The molecule has 0 bridgehead atoms. The SMILES string of the molecule is CC(=O)Nc1ccccc1OC(CN)c1cccc(Cl)c1. The van der Waals surface area contributed by atoms with Crippen molar-refractivity contribution in [2.24, 2.45) is 5.73 Å². The number of hydrogen-bond acceptors (Lipinski definition) is 3. The van der Waals surface area contributed by atoms with E-state index in [2.05, 4.69) is 5.32 Å². The van der Waals surface area contributed by atoms with E-state index in [0.717, 1.165) is 5.56 Å². The highest BCUT2D eigenvalue weighted by atomic mass is 35.5. The zero-order valence-electron chi connectivity index (χ0n) is 11.7. The third-order valence-corrected chi connectivity index (χ3v) is 3.14. The molecule has 3 N–H and O–H groups in total. The van der Waals surface area contributed by atoms with Crippen molar-refractivity contribution in [2.75, 3.05) is 11.9 Å². The van der Waals surface area contributed by atoms with Gasteiger partial charge < -0.3 is 15.8 Å². The number of anilines is 1. The molecule has 0 saturated heterocycles. The van der Waals surface area contributed by atoms with Crippen LogP contribution in [0, 0.1) is 0 Å². The van der Waals surface area contributed by atoms with E-state index in [4.69, 9.17) is 22.1 Å². The summed E-state index contributed by atoms with van der Waals surface area (Å²) in [4.78, 5) is 11.2. The topological polar surface area (TPSA) is 64.3 Å². The zero-order chi connectivity index (χ0) is 15.2. The molecule has 0 fully saturated rings. The number of nitrogens with two attached hydrogens (primary N) is 1. The molecule has 0 aliphatic carbocycles. The smallest absolute Gasteiger partial charge is 0.221 e. The van der Waals surface area contributed by atoms with Crippen LogP contribution in [-0.2, 0) is 4.79 Å². The van der Waals surface area contributed by atoms with E-state index in [9.17, 15) is 4.79 Å². The molecular weight excluding hydrogens is 288 g/mol. The molecular formula is C16H17ClN2O2. The summed E-state index contributed by atoms with van der Waals surface area (Å²) in [6.07, 6.45) is -0.335. The Morgan fingerprint density at radius 3 is 2.71 bits per heavy atom. The van der Waals surface area contributed by atoms with Gasteiger partial charge in [-0.25, -0.2) is 0 Å². The van der Waals surface area contributed by atoms with Gasteiger partial charge in [0.05, 0.1) is 5.69 Å². The summed E-state index contributed by atoms with van der Waals surface area (Å²) < 4.78 is 5.94. The van der Waals surface area contributed by atoms with Crippen LogP contribution in [0.25, 0.3) is 0 Å². The van der Waals surface area contributed by atoms with Gasteiger partial charge >= 0.3 is 0 Å². The Labute approximate surface area is 128 Å². The normalized spacial score (nSPS) is 11.8. The maximum atomic E-state index is 11.2. The minimum atomic E-state index is -0.335. The first-order valence-electron chi connectivity index (χ1n) is 6.59. The molecule has 0 spiro atoms. The fourth-order valence-electron chi connectivity index (χ4n) is 1.97. The van der Waals surface area contributed by atoms with Crippen LogP contribution in [0.5, 0.6) is 5.75 Å². The first-order chi connectivity index (χ1) is 10.1. The molecule has 21 heavy (non-hydrogen) atoms. The van der Waals surface area contributed by atoms with Crippen LogP contribution in [0.1, 0.15) is 18.6 Å². The third kappa shape index (κ3) is 4.21. The summed E-state index contributed by atoms with van der Waals surface area (Å²) in [5.41, 5.74) is 7.31. The number of amides is 1. The second-order valence-electron chi connectivity index (χ2n) is 4.57. The predicted molar refractivity (Wildman–Crippen MR) is 84.6 cm³/mol. The van der Waals surface area contributed by atoms with E-state index in [1.165, 1.54) is 6.92 Å². The molecule has 0 radical (unpaired) electrons. The fraction of sp³-hybridized carbons (Fsp3) is 0.188. The Morgan fingerprint density at radius 1 is 1.29 bits per heavy atom. The Morgan fingerprint density at radius 2 is 2.05 bits per heavy atom. The molecule has 0 aromatic heterocycles. The van der Waals surface area contributed by atoms with Crippen molar-refractivity contribution in [3.05, 3.63) is 59.1 Å². The number of rotatable bonds is 5.